The maximum atomic E-state index is 13.0. The molecule has 1 N–H and O–H groups in total. The summed E-state index contributed by atoms with van der Waals surface area (Å²) in [5, 5.41) is 17.4. The van der Waals surface area contributed by atoms with Crippen LogP contribution in [0.3, 0.4) is 0 Å². The van der Waals surface area contributed by atoms with E-state index in [1.54, 1.807) is 17.1 Å². The first-order chi connectivity index (χ1) is 18.5. The topological polar surface area (TPSA) is 109 Å². The lowest BCUT2D eigenvalue weighted by Crippen LogP contribution is -2.47. The molecule has 0 aromatic carbocycles. The Morgan fingerprint density at radius 1 is 1.13 bits per heavy atom. The molecule has 4 heterocycles. The summed E-state index contributed by atoms with van der Waals surface area (Å²) in [6, 6.07) is 10.8. The quantitative estimate of drug-likeness (QED) is 0.457. The number of amides is 1. The van der Waals surface area contributed by atoms with E-state index in [1.165, 1.54) is 5.56 Å². The third-order valence-corrected chi connectivity index (χ3v) is 7.92. The van der Waals surface area contributed by atoms with Crippen LogP contribution in [0, 0.1) is 18.3 Å². The van der Waals surface area contributed by atoms with Crippen molar-refractivity contribution >= 4 is 24.0 Å². The van der Waals surface area contributed by atoms with E-state index < -0.39 is 5.41 Å². The fourth-order valence-electron chi connectivity index (χ4n) is 5.62. The van der Waals surface area contributed by atoms with Gasteiger partial charge < -0.3 is 10.1 Å². The molecule has 3 aromatic rings. The van der Waals surface area contributed by atoms with Crippen molar-refractivity contribution in [2.75, 3.05) is 31.6 Å². The fraction of sp³-hybridized carbons (Fsp3) is 0.483. The van der Waals surface area contributed by atoms with Crippen molar-refractivity contribution in [1.82, 2.24) is 24.6 Å². The number of hydrogen-bond acceptors (Lipinski definition) is 7. The molecule has 0 atom stereocenters. The molecule has 0 radical (unpaired) electrons. The molecule has 0 spiro atoms. The van der Waals surface area contributed by atoms with Crippen molar-refractivity contribution in [2.24, 2.45) is 0 Å². The number of aryl methyl sites for hydroxylation is 1. The predicted molar refractivity (Wildman–Crippen MR) is 151 cm³/mol. The second kappa shape index (κ2) is 12.7. The summed E-state index contributed by atoms with van der Waals surface area (Å²) in [5.74, 6) is 0.421. The van der Waals surface area contributed by atoms with Gasteiger partial charge in [-0.25, -0.2) is 9.67 Å². The van der Waals surface area contributed by atoms with Crippen LogP contribution in [0.1, 0.15) is 66.3 Å². The van der Waals surface area contributed by atoms with Gasteiger partial charge in [0.2, 0.25) is 0 Å². The van der Waals surface area contributed by atoms with Crippen LogP contribution < -0.4 is 5.32 Å². The lowest BCUT2D eigenvalue weighted by atomic mass is 9.71. The Morgan fingerprint density at radius 3 is 2.51 bits per heavy atom. The van der Waals surface area contributed by atoms with Gasteiger partial charge in [0.15, 0.2) is 5.82 Å². The zero-order valence-electron chi connectivity index (χ0n) is 22.6. The van der Waals surface area contributed by atoms with Crippen molar-refractivity contribution in [1.29, 1.82) is 5.26 Å². The Bertz CT molecular complexity index is 1290. The Balaban J connectivity index is 0.00000353. The molecule has 1 aliphatic carbocycles. The molecule has 2 aliphatic rings. The van der Waals surface area contributed by atoms with Gasteiger partial charge in [0.05, 0.1) is 59.7 Å². The van der Waals surface area contributed by atoms with Crippen molar-refractivity contribution in [3.8, 4) is 11.9 Å². The van der Waals surface area contributed by atoms with E-state index >= 15 is 0 Å². The van der Waals surface area contributed by atoms with Gasteiger partial charge in [0, 0.05) is 25.3 Å². The third-order valence-electron chi connectivity index (χ3n) is 7.92. The van der Waals surface area contributed by atoms with E-state index in [1.807, 2.05) is 37.4 Å². The number of carbonyl (C=O) groups is 1. The van der Waals surface area contributed by atoms with Gasteiger partial charge in [-0.1, -0.05) is 19.4 Å². The van der Waals surface area contributed by atoms with Crippen molar-refractivity contribution in [3.63, 3.8) is 0 Å². The molecule has 0 unspecified atom stereocenters. The van der Waals surface area contributed by atoms with Crippen LogP contribution in [0.4, 0.5) is 5.69 Å². The predicted octanol–water partition coefficient (Wildman–Crippen LogP) is 4.63. The first-order valence-corrected chi connectivity index (χ1v) is 13.5. The minimum atomic E-state index is -0.581. The maximum Gasteiger partial charge on any atom is 0.259 e. The first-order valence-electron chi connectivity index (χ1n) is 13.5. The molecule has 2 fully saturated rings. The molecule has 9 nitrogen and oxygen atoms in total. The number of pyridine rings is 2. The van der Waals surface area contributed by atoms with Crippen LogP contribution >= 0.6 is 12.4 Å². The average Bonchev–Trinajstić information content (AvgIpc) is 3.36. The smallest absolute Gasteiger partial charge is 0.259 e. The number of halogens is 1. The minimum absolute atomic E-state index is 0. The Hall–Kier alpha value is -3.32. The van der Waals surface area contributed by atoms with Crippen molar-refractivity contribution < 1.29 is 9.53 Å². The number of ether oxygens (including phenoxy) is 1. The van der Waals surface area contributed by atoms with Gasteiger partial charge in [0.1, 0.15) is 0 Å². The van der Waals surface area contributed by atoms with Gasteiger partial charge in [0.25, 0.3) is 5.91 Å². The summed E-state index contributed by atoms with van der Waals surface area (Å²) in [6.07, 6.45) is 10.6. The van der Waals surface area contributed by atoms with Crippen LogP contribution in [0.2, 0.25) is 0 Å². The summed E-state index contributed by atoms with van der Waals surface area (Å²) >= 11 is 0. The van der Waals surface area contributed by atoms with Crippen LogP contribution in [0.15, 0.2) is 42.9 Å². The van der Waals surface area contributed by atoms with E-state index in [0.717, 1.165) is 70.5 Å². The van der Waals surface area contributed by atoms with E-state index in [-0.39, 0.29) is 18.3 Å². The van der Waals surface area contributed by atoms with E-state index in [4.69, 9.17) is 4.74 Å². The number of aromatic nitrogens is 4. The standard InChI is InChI=1S/C29H35N7O2.ClH/c1-3-4-22-5-8-27(32-17-22)36-21(2)25(19-33-36)28(37)34-23-6-7-26(31-18-23)29(20-30)11-9-24(10-12-29)35-13-15-38-16-14-35;/h5-8,17-19,24H,3-4,9-16H2,1-2H3,(H,34,37);1H. The number of nitrogens with one attached hydrogen (secondary N) is 1. The number of morpholine rings is 1. The SMILES string of the molecule is CCCc1ccc(-n2ncc(C(=O)Nc3ccc(C4(C#N)CCC(N5CCOCC5)CC4)nc3)c2C)nc1.Cl. The van der Waals surface area contributed by atoms with Crippen LogP contribution in [0.25, 0.3) is 5.82 Å². The average molecular weight is 550 g/mol. The largest absolute Gasteiger partial charge is 0.379 e. The van der Waals surface area contributed by atoms with Crippen LogP contribution in [-0.2, 0) is 16.6 Å². The minimum Gasteiger partial charge on any atom is -0.379 e. The van der Waals surface area contributed by atoms with Gasteiger partial charge in [-0.2, -0.15) is 10.4 Å². The molecule has 1 amide bonds. The highest BCUT2D eigenvalue weighted by atomic mass is 35.5. The van der Waals surface area contributed by atoms with Crippen LogP contribution in [-0.4, -0.2) is 62.9 Å². The summed E-state index contributed by atoms with van der Waals surface area (Å²) in [6.45, 7) is 7.51. The van der Waals surface area contributed by atoms with Gasteiger partial charge in [-0.3, -0.25) is 14.7 Å². The first kappa shape index (κ1) is 28.7. The maximum absolute atomic E-state index is 13.0. The fourth-order valence-corrected chi connectivity index (χ4v) is 5.62. The molecule has 10 heteroatoms. The molecule has 5 rings (SSSR count). The molecule has 39 heavy (non-hydrogen) atoms. The summed E-state index contributed by atoms with van der Waals surface area (Å²) in [7, 11) is 0. The van der Waals surface area contributed by atoms with E-state index in [2.05, 4.69) is 38.3 Å². The molecule has 206 valence electrons. The highest BCUT2D eigenvalue weighted by Crippen LogP contribution is 2.40. The lowest BCUT2D eigenvalue weighted by molar-refractivity contribution is 0.00493. The summed E-state index contributed by atoms with van der Waals surface area (Å²) in [4.78, 5) is 24.7. The highest BCUT2D eigenvalue weighted by Gasteiger charge is 2.40. The van der Waals surface area contributed by atoms with Gasteiger partial charge >= 0.3 is 0 Å². The number of rotatable bonds is 7. The van der Waals surface area contributed by atoms with Gasteiger partial charge in [-0.15, -0.1) is 12.4 Å². The number of nitriles is 1. The Labute approximate surface area is 236 Å². The number of carbonyl (C=O) groups excluding carboxylic acids is 1. The zero-order chi connectivity index (χ0) is 26.5. The zero-order valence-corrected chi connectivity index (χ0v) is 23.4. The molecule has 1 aliphatic heterocycles. The van der Waals surface area contributed by atoms with E-state index in [0.29, 0.717) is 28.8 Å². The molecule has 0 bridgehead atoms. The third kappa shape index (κ3) is 6.14. The molecular weight excluding hydrogens is 514 g/mol. The monoisotopic (exact) mass is 549 g/mol. The van der Waals surface area contributed by atoms with E-state index in [9.17, 15) is 10.1 Å². The second-order valence-corrected chi connectivity index (χ2v) is 10.3. The lowest BCUT2D eigenvalue weighted by Gasteiger charge is -2.41. The summed E-state index contributed by atoms with van der Waals surface area (Å²) in [5.41, 5.74) is 3.15. The highest BCUT2D eigenvalue weighted by molar-refractivity contribution is 6.04. The van der Waals surface area contributed by atoms with Crippen LogP contribution in [0.5, 0.6) is 0 Å². The molecule has 3 aromatic heterocycles. The molecule has 1 saturated heterocycles. The number of anilines is 1. The molecular formula is C29H36ClN7O2. The van der Waals surface area contributed by atoms with Gasteiger partial charge in [-0.05, 0) is 62.8 Å². The second-order valence-electron chi connectivity index (χ2n) is 10.3. The van der Waals surface area contributed by atoms with Crippen molar-refractivity contribution in [3.05, 3.63) is 65.4 Å². The normalized spacial score (nSPS) is 21.5. The Kier molecular flexibility index (Phi) is 9.33. The number of hydrogen-bond donors (Lipinski definition) is 1. The van der Waals surface area contributed by atoms with Crippen molar-refractivity contribution in [2.45, 2.75) is 63.8 Å². The summed E-state index contributed by atoms with van der Waals surface area (Å²) < 4.78 is 7.16. The Morgan fingerprint density at radius 2 is 1.90 bits per heavy atom. The molecule has 1 saturated carbocycles. The number of nitrogens with zero attached hydrogens (tertiary/aromatic N) is 6.